The number of hydrogen-bond acceptors (Lipinski definition) is 0. The molecule has 2 bridgehead atoms. The van der Waals surface area contributed by atoms with Crippen LogP contribution in [0.1, 0.15) is 232 Å². The fourth-order valence-electron chi connectivity index (χ4n) is 9.25. The van der Waals surface area contributed by atoms with Gasteiger partial charge < -0.3 is 0 Å². The van der Waals surface area contributed by atoms with Gasteiger partial charge in [0.25, 0.3) is 0 Å². The molecular formula is C47H96. The van der Waals surface area contributed by atoms with Crippen molar-refractivity contribution in [1.82, 2.24) is 0 Å². The first-order chi connectivity index (χ1) is 22.8. The molecule has 284 valence electrons. The summed E-state index contributed by atoms with van der Waals surface area (Å²) < 4.78 is 0. The Morgan fingerprint density at radius 1 is 0.426 bits per heavy atom. The van der Waals surface area contributed by atoms with Gasteiger partial charge in [0, 0.05) is 1.43 Å². The van der Waals surface area contributed by atoms with E-state index in [4.69, 9.17) is 0 Å². The molecule has 47 heavy (non-hydrogen) atoms. The molecule has 10 unspecified atom stereocenters. The highest BCUT2D eigenvalue weighted by Gasteiger charge is 2.25. The molecule has 6 rings (SSSR count). The summed E-state index contributed by atoms with van der Waals surface area (Å²) in [6.45, 7) is 26.8. The van der Waals surface area contributed by atoms with Crippen molar-refractivity contribution < 1.29 is 1.43 Å². The third kappa shape index (κ3) is 20.9. The van der Waals surface area contributed by atoms with E-state index in [0.29, 0.717) is 0 Å². The van der Waals surface area contributed by atoms with Crippen LogP contribution in [0.4, 0.5) is 0 Å². The average Bonchev–Trinajstić information content (AvgIpc) is 3.96. The first-order valence-corrected chi connectivity index (χ1v) is 22.5. The van der Waals surface area contributed by atoms with Crippen LogP contribution in [0.15, 0.2) is 12.2 Å². The standard InChI is InChI=1S/C10H20.2C9H18.C8H16.C7H10.2C2H6.H2/c1-3-6-10-8-5-4-7-9(10)2;2*1-3-8-5-6-9(4-2)7-8;1-7-5-3-4-6-8(7)2;1-2-7-4-3-6(1)5-7;2*1-2;/h9-10H,3-8H2,1-2H3;2*8-9H,3-7H2,1-2H3;7-8H,3-6H2,1-2H3;1-2,6-7H,3-5H2;2*1-2H3;1H. The van der Waals surface area contributed by atoms with E-state index in [1.807, 2.05) is 27.7 Å². The van der Waals surface area contributed by atoms with Crippen LogP contribution in [0.2, 0.25) is 0 Å². The summed E-state index contributed by atoms with van der Waals surface area (Å²) in [4.78, 5) is 0. The fourth-order valence-corrected chi connectivity index (χ4v) is 9.25. The molecule has 5 saturated carbocycles. The summed E-state index contributed by atoms with van der Waals surface area (Å²) in [5, 5.41) is 0. The Morgan fingerprint density at radius 3 is 0.979 bits per heavy atom. The van der Waals surface area contributed by atoms with E-state index in [2.05, 4.69) is 67.5 Å². The van der Waals surface area contributed by atoms with Gasteiger partial charge in [0.05, 0.1) is 0 Å². The van der Waals surface area contributed by atoms with Crippen molar-refractivity contribution in [3.05, 3.63) is 12.2 Å². The summed E-state index contributed by atoms with van der Waals surface area (Å²) in [5.41, 5.74) is 0. The molecule has 0 radical (unpaired) electrons. The molecule has 5 fully saturated rings. The zero-order valence-corrected chi connectivity index (χ0v) is 35.2. The Kier molecular flexibility index (Phi) is 30.4. The van der Waals surface area contributed by atoms with E-state index in [0.717, 1.165) is 59.2 Å². The van der Waals surface area contributed by atoms with Crippen LogP contribution in [0.3, 0.4) is 0 Å². The lowest BCUT2D eigenvalue weighted by molar-refractivity contribution is 0.240. The molecule has 0 nitrogen and oxygen atoms in total. The topological polar surface area (TPSA) is 0 Å². The summed E-state index contributed by atoms with van der Waals surface area (Å²) >= 11 is 0. The van der Waals surface area contributed by atoms with Gasteiger partial charge in [-0.1, -0.05) is 211 Å². The van der Waals surface area contributed by atoms with Crippen LogP contribution in [-0.2, 0) is 0 Å². The maximum Gasteiger partial charge on any atom is 0 e. The molecule has 6 aliphatic carbocycles. The Labute approximate surface area is 302 Å². The van der Waals surface area contributed by atoms with Crippen LogP contribution in [0, 0.1) is 59.2 Å². The highest BCUT2D eigenvalue weighted by molar-refractivity contribution is 5.06. The minimum atomic E-state index is 0. The highest BCUT2D eigenvalue weighted by Crippen LogP contribution is 2.38. The largest absolute Gasteiger partial charge is 0.0851 e. The van der Waals surface area contributed by atoms with Crippen molar-refractivity contribution in [2.24, 2.45) is 59.2 Å². The molecule has 0 spiro atoms. The molecule has 6 aliphatic rings. The second-order valence-corrected chi connectivity index (χ2v) is 16.5. The van der Waals surface area contributed by atoms with Gasteiger partial charge in [-0.2, -0.15) is 0 Å². The molecule has 0 amide bonds. The van der Waals surface area contributed by atoms with Crippen LogP contribution >= 0.6 is 0 Å². The summed E-state index contributed by atoms with van der Waals surface area (Å²) in [5.74, 6) is 10.4. The Morgan fingerprint density at radius 2 is 0.766 bits per heavy atom. The van der Waals surface area contributed by atoms with Crippen molar-refractivity contribution in [2.75, 3.05) is 0 Å². The van der Waals surface area contributed by atoms with Crippen LogP contribution in [0.25, 0.3) is 0 Å². The van der Waals surface area contributed by atoms with Crippen molar-refractivity contribution in [3.8, 4) is 0 Å². The lowest BCUT2D eigenvalue weighted by Gasteiger charge is -2.28. The number of allylic oxidation sites excluding steroid dienone is 2. The monoisotopic (exact) mass is 661 g/mol. The lowest BCUT2D eigenvalue weighted by atomic mass is 9.78. The molecule has 0 saturated heterocycles. The van der Waals surface area contributed by atoms with Gasteiger partial charge in [-0.25, -0.2) is 0 Å². The van der Waals surface area contributed by atoms with Gasteiger partial charge >= 0.3 is 0 Å². The summed E-state index contributed by atoms with van der Waals surface area (Å²) in [6.07, 6.45) is 38.7. The Balaban J connectivity index is 0. The third-order valence-corrected chi connectivity index (χ3v) is 13.3. The minimum absolute atomic E-state index is 0. The van der Waals surface area contributed by atoms with Crippen LogP contribution in [0.5, 0.6) is 0 Å². The molecular weight excluding hydrogens is 565 g/mol. The van der Waals surface area contributed by atoms with Crippen molar-refractivity contribution >= 4 is 0 Å². The molecule has 0 N–H and O–H groups in total. The second-order valence-electron chi connectivity index (χ2n) is 16.5. The van der Waals surface area contributed by atoms with E-state index in [-0.39, 0.29) is 1.43 Å². The molecule has 0 heterocycles. The molecule has 0 heteroatoms. The SMILES string of the molecule is C1=CC2CCC1C2.CC.CC.CC1CCCCC1C.CCC1CCC(CC)C1.CCC1CCC(CC)C1.CCCC1CCCCC1C.[HH]. The van der Waals surface area contributed by atoms with E-state index in [1.54, 1.807) is 0 Å². The van der Waals surface area contributed by atoms with E-state index in [9.17, 15) is 0 Å². The highest BCUT2D eigenvalue weighted by atomic mass is 14.3. The van der Waals surface area contributed by atoms with Gasteiger partial charge in [0.1, 0.15) is 0 Å². The van der Waals surface area contributed by atoms with Gasteiger partial charge in [0.2, 0.25) is 0 Å². The zero-order chi connectivity index (χ0) is 35.5. The first kappa shape index (κ1) is 46.7. The smallest absolute Gasteiger partial charge is 0 e. The van der Waals surface area contributed by atoms with Crippen molar-refractivity contribution in [3.63, 3.8) is 0 Å². The van der Waals surface area contributed by atoms with Crippen molar-refractivity contribution in [2.45, 2.75) is 231 Å². The molecule has 0 aromatic carbocycles. The summed E-state index contributed by atoms with van der Waals surface area (Å²) in [7, 11) is 0. The predicted octanol–water partition coefficient (Wildman–Crippen LogP) is 17.2. The molecule has 0 aliphatic heterocycles. The Bertz CT molecular complexity index is 617. The second kappa shape index (κ2) is 30.6. The van der Waals surface area contributed by atoms with Gasteiger partial charge in [-0.15, -0.1) is 0 Å². The van der Waals surface area contributed by atoms with E-state index in [1.165, 1.54) is 148 Å². The zero-order valence-electron chi connectivity index (χ0n) is 35.2. The normalized spacial score (nSPS) is 34.6. The predicted molar refractivity (Wildman–Crippen MR) is 220 cm³/mol. The van der Waals surface area contributed by atoms with Gasteiger partial charge in [-0.05, 0) is 91.3 Å². The number of hydrogen-bond donors (Lipinski definition) is 0. The van der Waals surface area contributed by atoms with Crippen LogP contribution < -0.4 is 0 Å². The van der Waals surface area contributed by atoms with Gasteiger partial charge in [0.15, 0.2) is 0 Å². The maximum absolute atomic E-state index is 2.43. The van der Waals surface area contributed by atoms with Crippen LogP contribution in [-0.4, -0.2) is 0 Å². The van der Waals surface area contributed by atoms with Crippen molar-refractivity contribution in [1.29, 1.82) is 0 Å². The molecule has 0 aromatic rings. The lowest BCUT2D eigenvalue weighted by Crippen LogP contribution is -2.15. The maximum atomic E-state index is 2.43. The van der Waals surface area contributed by atoms with Gasteiger partial charge in [-0.3, -0.25) is 0 Å². The quantitative estimate of drug-likeness (QED) is 0.249. The Hall–Kier alpha value is -0.260. The molecule has 10 atom stereocenters. The van der Waals surface area contributed by atoms with E-state index >= 15 is 0 Å². The molecule has 0 aromatic heterocycles. The number of fused-ring (bicyclic) bond motifs is 2. The summed E-state index contributed by atoms with van der Waals surface area (Å²) in [6, 6.07) is 0. The average molecular weight is 661 g/mol. The number of rotatable bonds is 6. The van der Waals surface area contributed by atoms with E-state index < -0.39 is 0 Å². The third-order valence-electron chi connectivity index (χ3n) is 13.3. The minimum Gasteiger partial charge on any atom is -0.0851 e. The first-order valence-electron chi connectivity index (χ1n) is 22.5. The fraction of sp³-hybridized carbons (Fsp3) is 0.957.